The molecule has 0 saturated carbocycles. The lowest BCUT2D eigenvalue weighted by Crippen LogP contribution is -2.36. The summed E-state index contributed by atoms with van der Waals surface area (Å²) in [6.45, 7) is 3.92. The number of esters is 1. The molecule has 2 aromatic rings. The molecule has 0 aromatic heterocycles. The lowest BCUT2D eigenvalue weighted by atomic mass is 10.2. The number of benzene rings is 2. The SMILES string of the molecule is CCOc1ccc(OCC(=O)O[C@@H](C)C(=O)NCc2ccccc2Cl)cc1. The second kappa shape index (κ2) is 10.4. The zero-order chi connectivity index (χ0) is 19.6. The molecule has 0 fully saturated rings. The van der Waals surface area contributed by atoms with Gasteiger partial charge in [-0.15, -0.1) is 0 Å². The molecule has 0 radical (unpaired) electrons. The van der Waals surface area contributed by atoms with Crippen LogP contribution in [0.25, 0.3) is 0 Å². The molecule has 2 aromatic carbocycles. The van der Waals surface area contributed by atoms with E-state index >= 15 is 0 Å². The molecule has 0 aliphatic carbocycles. The fraction of sp³-hybridized carbons (Fsp3) is 0.300. The number of carbonyl (C=O) groups is 2. The normalized spacial score (nSPS) is 11.4. The summed E-state index contributed by atoms with van der Waals surface area (Å²) in [5.74, 6) is 0.177. The highest BCUT2D eigenvalue weighted by Crippen LogP contribution is 2.17. The van der Waals surface area contributed by atoms with Gasteiger partial charge >= 0.3 is 5.97 Å². The Kier molecular flexibility index (Phi) is 7.95. The zero-order valence-electron chi connectivity index (χ0n) is 15.2. The van der Waals surface area contributed by atoms with Gasteiger partial charge in [-0.2, -0.15) is 0 Å². The van der Waals surface area contributed by atoms with E-state index in [1.165, 1.54) is 6.92 Å². The summed E-state index contributed by atoms with van der Waals surface area (Å²) in [4.78, 5) is 23.9. The van der Waals surface area contributed by atoms with Crippen molar-refractivity contribution in [3.8, 4) is 11.5 Å². The number of hydrogen-bond donors (Lipinski definition) is 1. The van der Waals surface area contributed by atoms with Crippen molar-refractivity contribution in [2.45, 2.75) is 26.5 Å². The van der Waals surface area contributed by atoms with E-state index in [1.807, 2.05) is 25.1 Å². The number of nitrogens with one attached hydrogen (secondary N) is 1. The molecule has 6 nitrogen and oxygen atoms in total. The summed E-state index contributed by atoms with van der Waals surface area (Å²) < 4.78 is 15.8. The van der Waals surface area contributed by atoms with Gasteiger partial charge in [0.2, 0.25) is 0 Å². The Morgan fingerprint density at radius 1 is 1.04 bits per heavy atom. The summed E-state index contributed by atoms with van der Waals surface area (Å²) in [7, 11) is 0. The number of hydrogen-bond acceptors (Lipinski definition) is 5. The van der Waals surface area contributed by atoms with Crippen molar-refractivity contribution in [1.82, 2.24) is 5.32 Å². The van der Waals surface area contributed by atoms with Crippen molar-refractivity contribution < 1.29 is 23.8 Å². The van der Waals surface area contributed by atoms with Crippen LogP contribution < -0.4 is 14.8 Å². The van der Waals surface area contributed by atoms with E-state index in [0.717, 1.165) is 11.3 Å². The van der Waals surface area contributed by atoms with Gasteiger partial charge in [-0.1, -0.05) is 29.8 Å². The van der Waals surface area contributed by atoms with Crippen molar-refractivity contribution >= 4 is 23.5 Å². The standard InChI is InChI=1S/C20H22ClNO5/c1-3-25-16-8-10-17(11-9-16)26-13-19(23)27-14(2)20(24)22-12-15-6-4-5-7-18(15)21/h4-11,14H,3,12-13H2,1-2H3,(H,22,24)/t14-/m0/s1. The molecule has 7 heteroatoms. The van der Waals surface area contributed by atoms with E-state index in [4.69, 9.17) is 25.8 Å². The first-order valence-electron chi connectivity index (χ1n) is 8.56. The fourth-order valence-corrected chi connectivity index (χ4v) is 2.40. The maximum atomic E-state index is 12.1. The number of ether oxygens (including phenoxy) is 3. The van der Waals surface area contributed by atoms with E-state index < -0.39 is 18.0 Å². The Bertz CT molecular complexity index is 763. The van der Waals surface area contributed by atoms with Gasteiger partial charge in [0.05, 0.1) is 6.61 Å². The number of halogens is 1. The lowest BCUT2D eigenvalue weighted by molar-refractivity contribution is -0.156. The van der Waals surface area contributed by atoms with E-state index in [-0.39, 0.29) is 13.2 Å². The van der Waals surface area contributed by atoms with Crippen LogP contribution in [-0.2, 0) is 20.9 Å². The minimum absolute atomic E-state index is 0.253. The molecular weight excluding hydrogens is 370 g/mol. The Morgan fingerprint density at radius 2 is 1.67 bits per heavy atom. The van der Waals surface area contributed by atoms with Gasteiger partial charge in [0.15, 0.2) is 12.7 Å². The molecule has 0 spiro atoms. The lowest BCUT2D eigenvalue weighted by Gasteiger charge is -2.14. The Morgan fingerprint density at radius 3 is 2.30 bits per heavy atom. The fourth-order valence-electron chi connectivity index (χ4n) is 2.19. The van der Waals surface area contributed by atoms with Gasteiger partial charge < -0.3 is 19.5 Å². The topological polar surface area (TPSA) is 73.9 Å². The number of carbonyl (C=O) groups excluding carboxylic acids is 2. The maximum Gasteiger partial charge on any atom is 0.344 e. The Labute approximate surface area is 163 Å². The molecule has 0 saturated heterocycles. The van der Waals surface area contributed by atoms with Crippen molar-refractivity contribution in [2.24, 2.45) is 0 Å². The second-order valence-electron chi connectivity index (χ2n) is 5.63. The monoisotopic (exact) mass is 391 g/mol. The first-order chi connectivity index (χ1) is 13.0. The molecule has 0 bridgehead atoms. The van der Waals surface area contributed by atoms with Crippen LogP contribution in [-0.4, -0.2) is 31.2 Å². The average molecular weight is 392 g/mol. The highest BCUT2D eigenvalue weighted by atomic mass is 35.5. The van der Waals surface area contributed by atoms with E-state index in [2.05, 4.69) is 5.32 Å². The Balaban J connectivity index is 1.74. The third-order valence-electron chi connectivity index (χ3n) is 3.58. The van der Waals surface area contributed by atoms with E-state index in [0.29, 0.717) is 17.4 Å². The zero-order valence-corrected chi connectivity index (χ0v) is 16.0. The van der Waals surface area contributed by atoms with E-state index in [9.17, 15) is 9.59 Å². The average Bonchev–Trinajstić information content (AvgIpc) is 2.66. The van der Waals surface area contributed by atoms with Crippen LogP contribution in [0.15, 0.2) is 48.5 Å². The molecule has 0 aliphatic heterocycles. The molecule has 1 atom stereocenters. The largest absolute Gasteiger partial charge is 0.494 e. The van der Waals surface area contributed by atoms with Gasteiger partial charge in [-0.25, -0.2) is 4.79 Å². The van der Waals surface area contributed by atoms with Gasteiger partial charge in [-0.05, 0) is 49.7 Å². The third-order valence-corrected chi connectivity index (χ3v) is 3.95. The van der Waals surface area contributed by atoms with Crippen LogP contribution >= 0.6 is 11.6 Å². The van der Waals surface area contributed by atoms with Crippen LogP contribution in [0.3, 0.4) is 0 Å². The smallest absolute Gasteiger partial charge is 0.344 e. The summed E-state index contributed by atoms with van der Waals surface area (Å²) in [6.07, 6.45) is -0.941. The molecule has 0 unspecified atom stereocenters. The molecule has 1 amide bonds. The summed E-state index contributed by atoms with van der Waals surface area (Å²) in [6, 6.07) is 14.1. The Hall–Kier alpha value is -2.73. The molecule has 1 N–H and O–H groups in total. The molecule has 2 rings (SSSR count). The molecule has 144 valence electrons. The van der Waals surface area contributed by atoms with E-state index in [1.54, 1.807) is 30.3 Å². The van der Waals surface area contributed by atoms with Gasteiger partial charge in [0.25, 0.3) is 5.91 Å². The van der Waals surface area contributed by atoms with Crippen LogP contribution in [0.2, 0.25) is 5.02 Å². The number of rotatable bonds is 9. The van der Waals surface area contributed by atoms with Gasteiger partial charge in [-0.3, -0.25) is 4.79 Å². The van der Waals surface area contributed by atoms with Gasteiger partial charge in [0.1, 0.15) is 11.5 Å². The van der Waals surface area contributed by atoms with Crippen LogP contribution in [0.1, 0.15) is 19.4 Å². The second-order valence-corrected chi connectivity index (χ2v) is 6.04. The van der Waals surface area contributed by atoms with Crippen molar-refractivity contribution in [1.29, 1.82) is 0 Å². The first-order valence-corrected chi connectivity index (χ1v) is 8.93. The van der Waals surface area contributed by atoms with Gasteiger partial charge in [0, 0.05) is 11.6 Å². The minimum Gasteiger partial charge on any atom is -0.494 e. The summed E-state index contributed by atoms with van der Waals surface area (Å²) >= 11 is 6.04. The first kappa shape index (κ1) is 20.6. The quantitative estimate of drug-likeness (QED) is 0.663. The molecule has 0 heterocycles. The summed E-state index contributed by atoms with van der Waals surface area (Å²) in [5.41, 5.74) is 0.782. The van der Waals surface area contributed by atoms with Crippen LogP contribution in [0, 0.1) is 0 Å². The maximum absolute atomic E-state index is 12.1. The number of amides is 1. The van der Waals surface area contributed by atoms with Crippen LogP contribution in [0.4, 0.5) is 0 Å². The van der Waals surface area contributed by atoms with Crippen molar-refractivity contribution in [2.75, 3.05) is 13.2 Å². The summed E-state index contributed by atoms with van der Waals surface area (Å²) in [5, 5.41) is 3.24. The van der Waals surface area contributed by atoms with Crippen molar-refractivity contribution in [3.05, 3.63) is 59.1 Å². The minimum atomic E-state index is -0.941. The van der Waals surface area contributed by atoms with Crippen molar-refractivity contribution in [3.63, 3.8) is 0 Å². The molecule has 0 aliphatic rings. The highest BCUT2D eigenvalue weighted by molar-refractivity contribution is 6.31. The molecular formula is C20H22ClNO5. The highest BCUT2D eigenvalue weighted by Gasteiger charge is 2.18. The predicted molar refractivity (Wildman–Crippen MR) is 102 cm³/mol. The predicted octanol–water partition coefficient (Wildman–Crippen LogP) is 3.37. The third kappa shape index (κ3) is 6.83. The molecule has 27 heavy (non-hydrogen) atoms. The van der Waals surface area contributed by atoms with Crippen LogP contribution in [0.5, 0.6) is 11.5 Å².